The Morgan fingerprint density at radius 3 is 2.50 bits per heavy atom. The van der Waals surface area contributed by atoms with Crippen molar-refractivity contribution in [1.29, 1.82) is 0 Å². The van der Waals surface area contributed by atoms with E-state index in [2.05, 4.69) is 20.5 Å². The summed E-state index contributed by atoms with van der Waals surface area (Å²) in [6.07, 6.45) is -0.0179. The molecular formula is C22H17Cl2F3N6O3. The zero-order valence-electron chi connectivity index (χ0n) is 18.1. The molecule has 1 aliphatic rings. The first-order valence-electron chi connectivity index (χ1n) is 10.6. The Morgan fingerprint density at radius 2 is 1.81 bits per heavy atom. The van der Waals surface area contributed by atoms with E-state index in [4.69, 9.17) is 27.9 Å². The molecule has 36 heavy (non-hydrogen) atoms. The van der Waals surface area contributed by atoms with Crippen LogP contribution in [0, 0.1) is 17.5 Å². The fraction of sp³-hybridized carbons (Fsp3) is 0.273. The lowest BCUT2D eigenvalue weighted by Gasteiger charge is -2.38. The molecule has 0 saturated carbocycles. The molecular weight excluding hydrogens is 524 g/mol. The number of benzene rings is 2. The lowest BCUT2D eigenvalue weighted by atomic mass is 9.95. The fourth-order valence-corrected chi connectivity index (χ4v) is 4.40. The zero-order chi connectivity index (χ0) is 25.6. The van der Waals surface area contributed by atoms with Crippen molar-refractivity contribution in [3.05, 3.63) is 76.2 Å². The van der Waals surface area contributed by atoms with E-state index in [1.54, 1.807) is 22.8 Å². The highest BCUT2D eigenvalue weighted by molar-refractivity contribution is 6.42. The molecule has 5 rings (SSSR count). The molecule has 3 heterocycles. The standard InChI is InChI=1S/C22H17Cl2F3N6O3/c23-12-2-1-11(5-13(12)24)32-9-28-30-22(32)18-6-17(21(35)19(8-34)36-18)33-7-16(29-31-33)10-3-14(25)20(27)15(26)4-10/h1-5,7,9,17-19,21,34-35H,6,8H2. The summed E-state index contributed by atoms with van der Waals surface area (Å²) in [5.41, 5.74) is 0.635. The van der Waals surface area contributed by atoms with Gasteiger partial charge in [0, 0.05) is 17.7 Å². The molecule has 1 aliphatic heterocycles. The van der Waals surface area contributed by atoms with Gasteiger partial charge in [0.15, 0.2) is 23.3 Å². The van der Waals surface area contributed by atoms with Crippen LogP contribution in [0.15, 0.2) is 42.9 Å². The van der Waals surface area contributed by atoms with Gasteiger partial charge in [-0.15, -0.1) is 15.3 Å². The summed E-state index contributed by atoms with van der Waals surface area (Å²) < 4.78 is 49.6. The van der Waals surface area contributed by atoms with Crippen molar-refractivity contribution in [2.24, 2.45) is 0 Å². The first kappa shape index (κ1) is 24.7. The SMILES string of the molecule is OCC1OC(c2nncn2-c2ccc(Cl)c(Cl)c2)CC(n2cc(-c3cc(F)c(F)c(F)c3)nn2)C1O. The predicted molar refractivity (Wildman–Crippen MR) is 121 cm³/mol. The first-order chi connectivity index (χ1) is 17.3. The average Bonchev–Trinajstić information content (AvgIpc) is 3.54. The smallest absolute Gasteiger partial charge is 0.194 e. The quantitative estimate of drug-likeness (QED) is 0.371. The van der Waals surface area contributed by atoms with E-state index in [9.17, 15) is 23.4 Å². The number of aliphatic hydroxyl groups excluding tert-OH is 2. The molecule has 4 atom stereocenters. The van der Waals surface area contributed by atoms with Crippen molar-refractivity contribution in [2.75, 3.05) is 6.61 Å². The van der Waals surface area contributed by atoms with Gasteiger partial charge in [-0.25, -0.2) is 17.9 Å². The summed E-state index contributed by atoms with van der Waals surface area (Å²) in [6, 6.07) is 5.78. The monoisotopic (exact) mass is 540 g/mol. The number of aromatic nitrogens is 6. The molecule has 2 N–H and O–H groups in total. The summed E-state index contributed by atoms with van der Waals surface area (Å²) in [5.74, 6) is -3.96. The number of ether oxygens (including phenoxy) is 1. The number of hydrogen-bond acceptors (Lipinski definition) is 7. The van der Waals surface area contributed by atoms with Gasteiger partial charge in [-0.2, -0.15) is 0 Å². The second kappa shape index (κ2) is 9.79. The van der Waals surface area contributed by atoms with Crippen LogP contribution in [-0.2, 0) is 4.74 Å². The average molecular weight is 541 g/mol. The van der Waals surface area contributed by atoms with Gasteiger partial charge >= 0.3 is 0 Å². The van der Waals surface area contributed by atoms with Gasteiger partial charge in [0.05, 0.1) is 28.9 Å². The van der Waals surface area contributed by atoms with Crippen LogP contribution in [0.2, 0.25) is 10.0 Å². The summed E-state index contributed by atoms with van der Waals surface area (Å²) in [6.45, 7) is -0.509. The molecule has 0 radical (unpaired) electrons. The van der Waals surface area contributed by atoms with Gasteiger partial charge in [0.25, 0.3) is 0 Å². The summed E-state index contributed by atoms with van der Waals surface area (Å²) in [4.78, 5) is 0. The van der Waals surface area contributed by atoms with Crippen molar-refractivity contribution in [3.8, 4) is 16.9 Å². The van der Waals surface area contributed by atoms with E-state index in [0.29, 0.717) is 21.6 Å². The highest BCUT2D eigenvalue weighted by atomic mass is 35.5. The van der Waals surface area contributed by atoms with Crippen molar-refractivity contribution in [3.63, 3.8) is 0 Å². The van der Waals surface area contributed by atoms with Crippen molar-refractivity contribution >= 4 is 23.2 Å². The van der Waals surface area contributed by atoms with Gasteiger partial charge in [0.2, 0.25) is 0 Å². The van der Waals surface area contributed by atoms with Crippen LogP contribution in [-0.4, -0.2) is 58.8 Å². The third kappa shape index (κ3) is 4.46. The maximum atomic E-state index is 13.7. The van der Waals surface area contributed by atoms with Crippen LogP contribution < -0.4 is 0 Å². The lowest BCUT2D eigenvalue weighted by Crippen LogP contribution is -2.45. The van der Waals surface area contributed by atoms with E-state index in [-0.39, 0.29) is 17.7 Å². The molecule has 1 fully saturated rings. The first-order valence-corrected chi connectivity index (χ1v) is 11.4. The van der Waals surface area contributed by atoms with Crippen LogP contribution >= 0.6 is 23.2 Å². The normalized spacial score (nSPS) is 22.2. The van der Waals surface area contributed by atoms with E-state index >= 15 is 0 Å². The minimum absolute atomic E-state index is 0.0335. The molecule has 0 bridgehead atoms. The maximum Gasteiger partial charge on any atom is 0.194 e. The molecule has 0 aliphatic carbocycles. The number of aliphatic hydroxyl groups is 2. The molecule has 2 aromatic carbocycles. The Bertz CT molecular complexity index is 1390. The third-order valence-corrected chi connectivity index (χ3v) is 6.66. The Hall–Kier alpha value is -3.03. The molecule has 4 aromatic rings. The number of halogens is 5. The number of rotatable bonds is 5. The molecule has 14 heteroatoms. The van der Waals surface area contributed by atoms with Crippen molar-refractivity contribution in [2.45, 2.75) is 30.8 Å². The van der Waals surface area contributed by atoms with Gasteiger partial charge in [0.1, 0.15) is 30.3 Å². The van der Waals surface area contributed by atoms with Crippen LogP contribution in [0.5, 0.6) is 0 Å². The Morgan fingerprint density at radius 1 is 1.06 bits per heavy atom. The third-order valence-electron chi connectivity index (χ3n) is 5.92. The Labute approximate surface area is 211 Å². The zero-order valence-corrected chi connectivity index (χ0v) is 19.7. The summed E-state index contributed by atoms with van der Waals surface area (Å²) >= 11 is 12.2. The fourth-order valence-electron chi connectivity index (χ4n) is 4.11. The second-order valence-electron chi connectivity index (χ2n) is 8.13. The van der Waals surface area contributed by atoms with E-state index in [1.165, 1.54) is 17.2 Å². The summed E-state index contributed by atoms with van der Waals surface area (Å²) in [7, 11) is 0. The minimum atomic E-state index is -1.59. The highest BCUT2D eigenvalue weighted by Gasteiger charge is 2.41. The molecule has 1 saturated heterocycles. The van der Waals surface area contributed by atoms with Gasteiger partial charge < -0.3 is 14.9 Å². The Balaban J connectivity index is 1.47. The molecule has 9 nitrogen and oxygen atoms in total. The van der Waals surface area contributed by atoms with Gasteiger partial charge in [-0.05, 0) is 30.3 Å². The molecule has 188 valence electrons. The van der Waals surface area contributed by atoms with E-state index in [0.717, 1.165) is 12.1 Å². The topological polar surface area (TPSA) is 111 Å². The van der Waals surface area contributed by atoms with Crippen LogP contribution in [0.4, 0.5) is 13.2 Å². The van der Waals surface area contributed by atoms with Crippen molar-refractivity contribution < 1.29 is 28.1 Å². The Kier molecular flexibility index (Phi) is 6.70. The second-order valence-corrected chi connectivity index (χ2v) is 8.95. The molecule has 4 unspecified atom stereocenters. The van der Waals surface area contributed by atoms with Gasteiger partial charge in [-0.3, -0.25) is 4.57 Å². The van der Waals surface area contributed by atoms with Gasteiger partial charge in [-0.1, -0.05) is 28.4 Å². The molecule has 2 aromatic heterocycles. The number of nitrogens with zero attached hydrogens (tertiary/aromatic N) is 6. The molecule has 0 amide bonds. The minimum Gasteiger partial charge on any atom is -0.394 e. The molecule has 0 spiro atoms. The van der Waals surface area contributed by atoms with Crippen LogP contribution in [0.25, 0.3) is 16.9 Å². The number of hydrogen-bond donors (Lipinski definition) is 2. The summed E-state index contributed by atoms with van der Waals surface area (Å²) in [5, 5.41) is 37.4. The maximum absolute atomic E-state index is 13.7. The lowest BCUT2D eigenvalue weighted by molar-refractivity contribution is -0.161. The van der Waals surface area contributed by atoms with Crippen LogP contribution in [0.3, 0.4) is 0 Å². The predicted octanol–water partition coefficient (Wildman–Crippen LogP) is 3.67. The largest absolute Gasteiger partial charge is 0.394 e. The van der Waals surface area contributed by atoms with E-state index in [1.807, 2.05) is 0 Å². The van der Waals surface area contributed by atoms with Crippen molar-refractivity contribution in [1.82, 2.24) is 29.8 Å². The van der Waals surface area contributed by atoms with E-state index < -0.39 is 48.4 Å². The van der Waals surface area contributed by atoms with Crippen LogP contribution in [0.1, 0.15) is 24.4 Å². The highest BCUT2D eigenvalue weighted by Crippen LogP contribution is 2.38.